The second-order valence-electron chi connectivity index (χ2n) is 2.81. The third-order valence-electron chi connectivity index (χ3n) is 2.01. The molecule has 0 aromatic carbocycles. The van der Waals surface area contributed by atoms with Gasteiger partial charge in [0, 0.05) is 5.75 Å². The van der Waals surface area contributed by atoms with Crippen molar-refractivity contribution in [2.45, 2.75) is 25.0 Å². The Kier molecular flexibility index (Phi) is 2.03. The van der Waals surface area contributed by atoms with Crippen molar-refractivity contribution in [3.05, 3.63) is 0 Å². The molecule has 0 spiro atoms. The zero-order valence-corrected chi connectivity index (χ0v) is 6.49. The van der Waals surface area contributed by atoms with Crippen LogP contribution >= 0.6 is 12.6 Å². The van der Waals surface area contributed by atoms with E-state index in [1.54, 1.807) is 0 Å². The molecule has 0 bridgehead atoms. The zero-order valence-electron chi connectivity index (χ0n) is 5.59. The van der Waals surface area contributed by atoms with E-state index < -0.39 is 0 Å². The molecule has 3 heteroatoms. The maximum absolute atomic E-state index is 9.34. The molecule has 1 fully saturated rings. The van der Waals surface area contributed by atoms with Gasteiger partial charge in [-0.3, -0.25) is 0 Å². The summed E-state index contributed by atoms with van der Waals surface area (Å²) < 4.78 is 0. The van der Waals surface area contributed by atoms with Gasteiger partial charge in [0.1, 0.15) is 0 Å². The molecule has 2 nitrogen and oxygen atoms in total. The number of hydrogen-bond donors (Lipinski definition) is 3. The van der Waals surface area contributed by atoms with Crippen LogP contribution in [0.1, 0.15) is 13.3 Å². The minimum Gasteiger partial charge on any atom is -0.391 e. The van der Waals surface area contributed by atoms with Crippen molar-refractivity contribution in [3.8, 4) is 0 Å². The van der Waals surface area contributed by atoms with Crippen molar-refractivity contribution in [1.82, 2.24) is 5.32 Å². The molecule has 0 aliphatic carbocycles. The first kappa shape index (κ1) is 7.38. The van der Waals surface area contributed by atoms with E-state index in [2.05, 4.69) is 17.9 Å². The van der Waals surface area contributed by atoms with Crippen LogP contribution in [0.15, 0.2) is 0 Å². The lowest BCUT2D eigenvalue weighted by atomic mass is 10.0. The van der Waals surface area contributed by atoms with Crippen molar-refractivity contribution < 1.29 is 5.11 Å². The largest absolute Gasteiger partial charge is 0.391 e. The second kappa shape index (κ2) is 2.48. The van der Waals surface area contributed by atoms with Gasteiger partial charge >= 0.3 is 0 Å². The summed E-state index contributed by atoms with van der Waals surface area (Å²) in [6.45, 7) is 2.91. The molecule has 0 radical (unpaired) electrons. The van der Waals surface area contributed by atoms with Crippen LogP contribution in [-0.4, -0.2) is 29.0 Å². The maximum atomic E-state index is 9.34. The van der Waals surface area contributed by atoms with Gasteiger partial charge in [-0.25, -0.2) is 0 Å². The maximum Gasteiger partial charge on any atom is 0.0739 e. The van der Waals surface area contributed by atoms with Gasteiger partial charge in [-0.1, -0.05) is 0 Å². The summed E-state index contributed by atoms with van der Waals surface area (Å²) in [5.41, 5.74) is -0.136. The number of rotatable bonds is 1. The molecular formula is C6H13NOS. The van der Waals surface area contributed by atoms with Crippen LogP contribution in [0.4, 0.5) is 0 Å². The highest BCUT2D eigenvalue weighted by Crippen LogP contribution is 2.19. The van der Waals surface area contributed by atoms with Crippen molar-refractivity contribution in [3.63, 3.8) is 0 Å². The molecule has 1 rings (SSSR count). The molecule has 54 valence electrons. The lowest BCUT2D eigenvalue weighted by Gasteiger charge is -2.25. The minimum absolute atomic E-state index is 0.136. The molecule has 1 saturated heterocycles. The SMILES string of the molecule is CC1(CS)NCCC1O. The highest BCUT2D eigenvalue weighted by Gasteiger charge is 2.35. The molecule has 2 N–H and O–H groups in total. The first-order valence-corrected chi connectivity index (χ1v) is 3.86. The van der Waals surface area contributed by atoms with E-state index in [1.807, 2.05) is 6.92 Å². The Morgan fingerprint density at radius 3 is 2.78 bits per heavy atom. The van der Waals surface area contributed by atoms with Crippen molar-refractivity contribution in [1.29, 1.82) is 0 Å². The summed E-state index contributed by atoms with van der Waals surface area (Å²) in [4.78, 5) is 0. The Bertz CT molecular complexity index is 109. The molecule has 9 heavy (non-hydrogen) atoms. The first-order valence-electron chi connectivity index (χ1n) is 3.23. The third kappa shape index (κ3) is 1.23. The summed E-state index contributed by atoms with van der Waals surface area (Å²) in [5, 5.41) is 12.5. The van der Waals surface area contributed by atoms with Gasteiger partial charge in [0.15, 0.2) is 0 Å². The molecule has 2 unspecified atom stereocenters. The highest BCUT2D eigenvalue weighted by molar-refractivity contribution is 7.80. The van der Waals surface area contributed by atoms with Crippen LogP contribution in [0.2, 0.25) is 0 Å². The molecule has 1 aliphatic rings. The smallest absolute Gasteiger partial charge is 0.0739 e. The van der Waals surface area contributed by atoms with Gasteiger partial charge < -0.3 is 10.4 Å². The monoisotopic (exact) mass is 147 g/mol. The van der Waals surface area contributed by atoms with E-state index in [9.17, 15) is 5.11 Å². The second-order valence-corrected chi connectivity index (χ2v) is 3.12. The summed E-state index contributed by atoms with van der Waals surface area (Å²) in [6, 6.07) is 0. The lowest BCUT2D eigenvalue weighted by molar-refractivity contribution is 0.121. The summed E-state index contributed by atoms with van der Waals surface area (Å²) >= 11 is 4.14. The summed E-state index contributed by atoms with van der Waals surface area (Å²) in [5.74, 6) is 0.703. The molecular weight excluding hydrogens is 134 g/mol. The minimum atomic E-state index is -0.213. The number of aliphatic hydroxyl groups is 1. The van der Waals surface area contributed by atoms with Gasteiger partial charge in [-0.05, 0) is 19.9 Å². The Morgan fingerprint density at radius 1 is 1.89 bits per heavy atom. The van der Waals surface area contributed by atoms with Crippen LogP contribution in [0.3, 0.4) is 0 Å². The fraction of sp³-hybridized carbons (Fsp3) is 1.00. The first-order chi connectivity index (χ1) is 4.19. The molecule has 1 heterocycles. The number of nitrogens with one attached hydrogen (secondary N) is 1. The van der Waals surface area contributed by atoms with Gasteiger partial charge in [0.25, 0.3) is 0 Å². The van der Waals surface area contributed by atoms with E-state index in [1.165, 1.54) is 0 Å². The molecule has 0 amide bonds. The van der Waals surface area contributed by atoms with Gasteiger partial charge in [0.2, 0.25) is 0 Å². The van der Waals surface area contributed by atoms with Gasteiger partial charge in [0.05, 0.1) is 11.6 Å². The number of thiol groups is 1. The van der Waals surface area contributed by atoms with E-state index in [0.29, 0.717) is 5.75 Å². The van der Waals surface area contributed by atoms with Crippen LogP contribution in [0, 0.1) is 0 Å². The standard InChI is InChI=1S/C6H13NOS/c1-6(4-9)5(8)2-3-7-6/h5,7-9H,2-4H2,1H3. The highest BCUT2D eigenvalue weighted by atomic mass is 32.1. The summed E-state index contributed by atoms with van der Waals surface area (Å²) in [6.07, 6.45) is 0.645. The molecule has 1 aliphatic heterocycles. The fourth-order valence-corrected chi connectivity index (χ4v) is 1.41. The number of aliphatic hydroxyl groups excluding tert-OH is 1. The predicted octanol–water partition coefficient (Wildman–Crippen LogP) is 0.0291. The molecule has 0 aromatic heterocycles. The Morgan fingerprint density at radius 2 is 2.56 bits per heavy atom. The summed E-state index contributed by atoms with van der Waals surface area (Å²) in [7, 11) is 0. The quantitative estimate of drug-likeness (QED) is 0.457. The zero-order chi connectivity index (χ0) is 6.91. The Balaban J connectivity index is 2.56. The van der Waals surface area contributed by atoms with Crippen molar-refractivity contribution in [2.24, 2.45) is 0 Å². The topological polar surface area (TPSA) is 32.3 Å². The average molecular weight is 147 g/mol. The van der Waals surface area contributed by atoms with Crippen molar-refractivity contribution >= 4 is 12.6 Å². The van der Waals surface area contributed by atoms with Crippen LogP contribution < -0.4 is 5.32 Å². The van der Waals surface area contributed by atoms with E-state index in [0.717, 1.165) is 13.0 Å². The van der Waals surface area contributed by atoms with Crippen molar-refractivity contribution in [2.75, 3.05) is 12.3 Å². The van der Waals surface area contributed by atoms with Crippen LogP contribution in [0.5, 0.6) is 0 Å². The lowest BCUT2D eigenvalue weighted by Crippen LogP contribution is -2.46. The normalized spacial score (nSPS) is 43.7. The Hall–Kier alpha value is 0.270. The fourth-order valence-electron chi connectivity index (χ4n) is 1.09. The third-order valence-corrected chi connectivity index (χ3v) is 2.67. The van der Waals surface area contributed by atoms with E-state index in [-0.39, 0.29) is 11.6 Å². The molecule has 0 saturated carbocycles. The van der Waals surface area contributed by atoms with Crippen LogP contribution in [0.25, 0.3) is 0 Å². The molecule has 0 aromatic rings. The van der Waals surface area contributed by atoms with E-state index in [4.69, 9.17) is 0 Å². The van der Waals surface area contributed by atoms with Crippen LogP contribution in [-0.2, 0) is 0 Å². The van der Waals surface area contributed by atoms with Gasteiger partial charge in [-0.2, -0.15) is 12.6 Å². The predicted molar refractivity (Wildman–Crippen MR) is 40.9 cm³/mol. The molecule has 2 atom stereocenters. The van der Waals surface area contributed by atoms with E-state index >= 15 is 0 Å². The van der Waals surface area contributed by atoms with Gasteiger partial charge in [-0.15, -0.1) is 0 Å². The average Bonchev–Trinajstić information content (AvgIpc) is 2.15. The number of hydrogen-bond acceptors (Lipinski definition) is 3. The Labute approximate surface area is 61.1 Å².